The molecule has 36 heavy (non-hydrogen) atoms. The Labute approximate surface area is 209 Å². The second kappa shape index (κ2) is 10.9. The van der Waals surface area contributed by atoms with Crippen LogP contribution in [-0.2, 0) is 11.3 Å². The van der Waals surface area contributed by atoms with Crippen molar-refractivity contribution in [2.24, 2.45) is 0 Å². The van der Waals surface area contributed by atoms with Crippen molar-refractivity contribution in [3.8, 4) is 0 Å². The van der Waals surface area contributed by atoms with Crippen LogP contribution in [0.15, 0.2) is 85.5 Å². The molecule has 3 aromatic heterocycles. The SMILES string of the molecule is O=C(NCc1ccn2ccnc2c1)Nc1ccc(C2CCN(C(=O)/C=C/c3ccccn3)CC2)cc1. The van der Waals surface area contributed by atoms with E-state index in [4.69, 9.17) is 0 Å². The van der Waals surface area contributed by atoms with Crippen molar-refractivity contribution < 1.29 is 9.59 Å². The molecule has 0 saturated carbocycles. The standard InChI is InChI=1S/C28H28N6O2/c35-27(9-8-24-3-1-2-13-29-24)34-16-11-23(12-17-34)22-4-6-25(7-5-22)32-28(36)31-20-21-10-15-33-18-14-30-26(33)19-21/h1-10,13-15,18-19,23H,11-12,16-17,20H2,(H2,31,32,36)/b9-8+. The summed E-state index contributed by atoms with van der Waals surface area (Å²) in [5, 5.41) is 5.77. The first-order valence-electron chi connectivity index (χ1n) is 12.1. The third-order valence-electron chi connectivity index (χ3n) is 6.45. The zero-order valence-electron chi connectivity index (χ0n) is 19.9. The van der Waals surface area contributed by atoms with E-state index in [9.17, 15) is 9.59 Å². The van der Waals surface area contributed by atoms with Crippen LogP contribution >= 0.6 is 0 Å². The molecule has 3 amide bonds. The van der Waals surface area contributed by atoms with Crippen molar-refractivity contribution >= 4 is 29.3 Å². The summed E-state index contributed by atoms with van der Waals surface area (Å²) < 4.78 is 1.92. The van der Waals surface area contributed by atoms with E-state index in [1.54, 1.807) is 24.5 Å². The molecule has 5 rings (SSSR count). The molecule has 8 nitrogen and oxygen atoms in total. The van der Waals surface area contributed by atoms with Gasteiger partial charge in [-0.2, -0.15) is 0 Å². The predicted molar refractivity (Wildman–Crippen MR) is 139 cm³/mol. The topological polar surface area (TPSA) is 91.6 Å². The molecule has 2 N–H and O–H groups in total. The lowest BCUT2D eigenvalue weighted by molar-refractivity contribution is -0.126. The van der Waals surface area contributed by atoms with Gasteiger partial charge in [-0.1, -0.05) is 18.2 Å². The molecular weight excluding hydrogens is 452 g/mol. The van der Waals surface area contributed by atoms with Crippen LogP contribution in [0.25, 0.3) is 11.7 Å². The van der Waals surface area contributed by atoms with E-state index < -0.39 is 0 Å². The molecule has 1 aliphatic heterocycles. The Kier molecular flexibility index (Phi) is 7.02. The first-order chi connectivity index (χ1) is 17.6. The van der Waals surface area contributed by atoms with Crippen LogP contribution < -0.4 is 10.6 Å². The Bertz CT molecular complexity index is 1360. The number of nitrogens with zero attached hydrogens (tertiary/aromatic N) is 4. The normalized spacial score (nSPS) is 14.3. The molecule has 4 aromatic rings. The van der Waals surface area contributed by atoms with Crippen molar-refractivity contribution in [2.75, 3.05) is 18.4 Å². The molecule has 1 aromatic carbocycles. The summed E-state index contributed by atoms with van der Waals surface area (Å²) in [7, 11) is 0. The van der Waals surface area contributed by atoms with Gasteiger partial charge in [-0.3, -0.25) is 9.78 Å². The smallest absolute Gasteiger partial charge is 0.319 e. The highest BCUT2D eigenvalue weighted by molar-refractivity contribution is 5.91. The number of hydrogen-bond acceptors (Lipinski definition) is 4. The first kappa shape index (κ1) is 23.3. The van der Waals surface area contributed by atoms with Gasteiger partial charge >= 0.3 is 6.03 Å². The van der Waals surface area contributed by atoms with Crippen molar-refractivity contribution in [3.05, 3.63) is 102 Å². The summed E-state index contributed by atoms with van der Waals surface area (Å²) in [6, 6.07) is 17.3. The molecular formula is C28H28N6O2. The minimum absolute atomic E-state index is 0.0226. The number of pyridine rings is 2. The molecule has 182 valence electrons. The van der Waals surface area contributed by atoms with Crippen LogP contribution in [0.2, 0.25) is 0 Å². The largest absolute Gasteiger partial charge is 0.339 e. The third kappa shape index (κ3) is 5.78. The van der Waals surface area contributed by atoms with E-state index in [1.165, 1.54) is 5.56 Å². The lowest BCUT2D eigenvalue weighted by Crippen LogP contribution is -2.36. The molecule has 0 aliphatic carbocycles. The van der Waals surface area contributed by atoms with Gasteiger partial charge in [0, 0.05) is 56.2 Å². The van der Waals surface area contributed by atoms with Crippen LogP contribution in [0.5, 0.6) is 0 Å². The van der Waals surface area contributed by atoms with Gasteiger partial charge in [0.1, 0.15) is 5.65 Å². The number of amides is 3. The molecule has 1 fully saturated rings. The van der Waals surface area contributed by atoms with Crippen LogP contribution in [-0.4, -0.2) is 44.3 Å². The van der Waals surface area contributed by atoms with E-state index in [0.29, 0.717) is 12.5 Å². The lowest BCUT2D eigenvalue weighted by atomic mass is 9.89. The van der Waals surface area contributed by atoms with Gasteiger partial charge in [-0.25, -0.2) is 9.78 Å². The van der Waals surface area contributed by atoms with Gasteiger partial charge in [-0.05, 0) is 72.4 Å². The van der Waals surface area contributed by atoms with Gasteiger partial charge in [0.25, 0.3) is 0 Å². The summed E-state index contributed by atoms with van der Waals surface area (Å²) in [5.74, 6) is 0.420. The second-order valence-electron chi connectivity index (χ2n) is 8.84. The van der Waals surface area contributed by atoms with Gasteiger partial charge in [-0.15, -0.1) is 0 Å². The zero-order chi connectivity index (χ0) is 24.7. The van der Waals surface area contributed by atoms with Crippen LogP contribution in [0.1, 0.15) is 35.6 Å². The molecule has 0 spiro atoms. The Morgan fingerprint density at radius 2 is 1.81 bits per heavy atom. The van der Waals surface area contributed by atoms with Gasteiger partial charge in [0.05, 0.1) is 5.69 Å². The van der Waals surface area contributed by atoms with Crippen molar-refractivity contribution in [1.82, 2.24) is 24.6 Å². The van der Waals surface area contributed by atoms with Crippen molar-refractivity contribution in [1.29, 1.82) is 0 Å². The van der Waals surface area contributed by atoms with Gasteiger partial charge in [0.15, 0.2) is 0 Å². The highest BCUT2D eigenvalue weighted by Gasteiger charge is 2.22. The quantitative estimate of drug-likeness (QED) is 0.398. The number of benzene rings is 1. The Hall–Kier alpha value is -4.46. The summed E-state index contributed by atoms with van der Waals surface area (Å²) >= 11 is 0. The predicted octanol–water partition coefficient (Wildman–Crippen LogP) is 4.47. The van der Waals surface area contributed by atoms with Gasteiger partial charge < -0.3 is 19.9 Å². The minimum atomic E-state index is -0.253. The maximum atomic E-state index is 12.5. The minimum Gasteiger partial charge on any atom is -0.339 e. The monoisotopic (exact) mass is 480 g/mol. The number of anilines is 1. The Morgan fingerprint density at radius 1 is 0.972 bits per heavy atom. The van der Waals surface area contributed by atoms with Crippen molar-refractivity contribution in [2.45, 2.75) is 25.3 Å². The summed E-state index contributed by atoms with van der Waals surface area (Å²) in [6.45, 7) is 1.87. The number of piperidine rings is 1. The molecule has 0 unspecified atom stereocenters. The average Bonchev–Trinajstić information content (AvgIpc) is 3.40. The molecule has 0 atom stereocenters. The Balaban J connectivity index is 1.08. The molecule has 8 heteroatoms. The average molecular weight is 481 g/mol. The maximum Gasteiger partial charge on any atom is 0.319 e. The second-order valence-corrected chi connectivity index (χ2v) is 8.84. The first-order valence-corrected chi connectivity index (χ1v) is 12.1. The fourth-order valence-corrected chi connectivity index (χ4v) is 4.43. The fraction of sp³-hybridized carbons (Fsp3) is 0.214. The maximum absolute atomic E-state index is 12.5. The van der Waals surface area contributed by atoms with Crippen molar-refractivity contribution in [3.63, 3.8) is 0 Å². The number of likely N-dealkylation sites (tertiary alicyclic amines) is 1. The number of imidazole rings is 1. The number of hydrogen-bond donors (Lipinski definition) is 2. The molecule has 1 saturated heterocycles. The molecule has 0 bridgehead atoms. The number of carbonyl (C=O) groups excluding carboxylic acids is 2. The molecule has 0 radical (unpaired) electrons. The molecule has 4 heterocycles. The van der Waals surface area contributed by atoms with Gasteiger partial charge in [0.2, 0.25) is 5.91 Å². The number of fused-ring (bicyclic) bond motifs is 1. The Morgan fingerprint density at radius 3 is 2.58 bits per heavy atom. The summed E-state index contributed by atoms with van der Waals surface area (Å²) in [5.41, 5.74) is 4.58. The highest BCUT2D eigenvalue weighted by atomic mass is 16.2. The number of aromatic nitrogens is 3. The van der Waals surface area contributed by atoms with E-state index in [2.05, 4.69) is 32.7 Å². The highest BCUT2D eigenvalue weighted by Crippen LogP contribution is 2.29. The van der Waals surface area contributed by atoms with Crippen LogP contribution in [0, 0.1) is 0 Å². The lowest BCUT2D eigenvalue weighted by Gasteiger charge is -2.31. The van der Waals surface area contributed by atoms with Crippen LogP contribution in [0.4, 0.5) is 10.5 Å². The fourth-order valence-electron chi connectivity index (χ4n) is 4.43. The zero-order valence-corrected chi connectivity index (χ0v) is 19.9. The molecule has 1 aliphatic rings. The third-order valence-corrected chi connectivity index (χ3v) is 6.45. The number of rotatable bonds is 6. The number of carbonyl (C=O) groups is 2. The summed E-state index contributed by atoms with van der Waals surface area (Å²) in [6.07, 6.45) is 12.5. The van der Waals surface area contributed by atoms with E-state index in [-0.39, 0.29) is 11.9 Å². The van der Waals surface area contributed by atoms with E-state index >= 15 is 0 Å². The van der Waals surface area contributed by atoms with E-state index in [0.717, 1.165) is 48.5 Å². The van der Waals surface area contributed by atoms with E-state index in [1.807, 2.05) is 64.2 Å². The number of urea groups is 1. The van der Waals surface area contributed by atoms with Crippen LogP contribution in [0.3, 0.4) is 0 Å². The number of nitrogens with one attached hydrogen (secondary N) is 2. The summed E-state index contributed by atoms with van der Waals surface area (Å²) in [4.78, 5) is 35.2.